The summed E-state index contributed by atoms with van der Waals surface area (Å²) in [5, 5.41) is 14.8. The van der Waals surface area contributed by atoms with Gasteiger partial charge in [0.1, 0.15) is 36.9 Å². The predicted molar refractivity (Wildman–Crippen MR) is 311 cm³/mol. The van der Waals surface area contributed by atoms with Gasteiger partial charge in [0.15, 0.2) is 6.10 Å². The zero-order chi connectivity index (χ0) is 60.3. The first-order valence-corrected chi connectivity index (χ1v) is 29.3. The van der Waals surface area contributed by atoms with Gasteiger partial charge in [0.2, 0.25) is 17.7 Å². The van der Waals surface area contributed by atoms with E-state index >= 15 is 0 Å². The van der Waals surface area contributed by atoms with Crippen LogP contribution in [0.3, 0.4) is 0 Å². The minimum atomic E-state index is -1.31. The molecular formula is C61H91N5O13S. The van der Waals surface area contributed by atoms with Gasteiger partial charge in [-0.1, -0.05) is 130 Å². The number of nitrogens with zero attached hydrogens (tertiary/aromatic N) is 3. The number of fused-ring (bicyclic) bond motifs is 3. The Balaban J connectivity index is 1.78. The number of hydrogen-bond donors (Lipinski definition) is 3. The second-order valence-electron chi connectivity index (χ2n) is 22.3. The summed E-state index contributed by atoms with van der Waals surface area (Å²) in [6, 6.07) is 11.7. The van der Waals surface area contributed by atoms with Gasteiger partial charge in [-0.05, 0) is 98.3 Å². The van der Waals surface area contributed by atoms with E-state index in [9.17, 15) is 43.5 Å². The fourth-order valence-corrected chi connectivity index (χ4v) is 9.88. The number of carboxylic acid groups (broad SMARTS) is 1. The molecule has 0 heterocycles. The third-order valence-corrected chi connectivity index (χ3v) is 15.3. The third kappa shape index (κ3) is 18.7. The van der Waals surface area contributed by atoms with E-state index in [1.165, 1.54) is 42.7 Å². The minimum Gasteiger partial charge on any atom is -0.480 e. The number of esters is 2. The van der Waals surface area contributed by atoms with Crippen LogP contribution in [0.4, 0.5) is 4.79 Å². The van der Waals surface area contributed by atoms with Gasteiger partial charge in [-0.2, -0.15) is 0 Å². The van der Waals surface area contributed by atoms with Crippen LogP contribution in [0.25, 0.3) is 11.1 Å². The summed E-state index contributed by atoms with van der Waals surface area (Å²) >= 11 is 1.45. The van der Waals surface area contributed by atoms with E-state index in [0.717, 1.165) is 32.7 Å². The molecule has 0 saturated carbocycles. The second-order valence-corrected chi connectivity index (χ2v) is 23.1. The molecule has 0 unspecified atom stereocenters. The van der Waals surface area contributed by atoms with Crippen LogP contribution in [-0.4, -0.2) is 156 Å². The summed E-state index contributed by atoms with van der Waals surface area (Å²) in [4.78, 5) is 112. The number of rotatable bonds is 31. The Morgan fingerprint density at radius 3 is 1.82 bits per heavy atom. The Morgan fingerprint density at radius 2 is 1.31 bits per heavy atom. The molecule has 2 aromatic carbocycles. The lowest BCUT2D eigenvalue weighted by Crippen LogP contribution is -2.58. The first-order chi connectivity index (χ1) is 37.6. The van der Waals surface area contributed by atoms with Crippen LogP contribution in [0.1, 0.15) is 133 Å². The largest absolute Gasteiger partial charge is 0.480 e. The number of allylic oxidation sites excluding steroid dienone is 1. The molecule has 18 nitrogen and oxygen atoms in total. The lowest BCUT2D eigenvalue weighted by Gasteiger charge is -2.35. The van der Waals surface area contributed by atoms with Crippen LogP contribution >= 0.6 is 11.8 Å². The molecule has 2 aromatic rings. The van der Waals surface area contributed by atoms with Gasteiger partial charge < -0.3 is 44.5 Å². The number of carbonyl (C=O) groups is 8. The van der Waals surface area contributed by atoms with Crippen molar-refractivity contribution in [2.45, 2.75) is 164 Å². The summed E-state index contributed by atoms with van der Waals surface area (Å²) in [5.74, 6) is -6.86. The van der Waals surface area contributed by atoms with Gasteiger partial charge in [0.05, 0.1) is 18.6 Å². The van der Waals surface area contributed by atoms with Crippen molar-refractivity contribution in [3.63, 3.8) is 0 Å². The van der Waals surface area contributed by atoms with Gasteiger partial charge in [-0.15, -0.1) is 11.8 Å². The Morgan fingerprint density at radius 1 is 0.738 bits per heavy atom. The smallest absolute Gasteiger partial charge is 0.410 e. The van der Waals surface area contributed by atoms with Crippen LogP contribution in [0.5, 0.6) is 0 Å². The standard InChI is InChI=1S/C61H91N5O13S/c1-18-24-39(10)53(78-60(74)42(13)65(15)61(75)76-33-47-45-27-22-20-25-43(45)44-26-21-23-28-46(44)47)41(12)49(77-34-80-17)30-29-40(11)59(73)79-54(38(9)19-2)55(68)63-51(36(5)6)57(70)66(16)48(31-35(3)4)56(69)64(14)32-50(67)62-52(37(7)8)58(71)72/h20-29,35-38,41-42,47-49,51-54H,18-19,30-34H2,1-17H3,(H,62,67)(H,63,68)(H,71,72)/b39-24+,40-29+/t38-,41-,42-,48+,49-,51-,52-,53+,54+/m0/s1. The van der Waals surface area contributed by atoms with Crippen molar-refractivity contribution >= 4 is 59.4 Å². The molecule has 0 bridgehead atoms. The number of carboxylic acids is 1. The highest BCUT2D eigenvalue weighted by molar-refractivity contribution is 7.98. The van der Waals surface area contributed by atoms with Crippen LogP contribution < -0.4 is 10.6 Å². The van der Waals surface area contributed by atoms with Crippen LogP contribution in [-0.2, 0) is 52.5 Å². The molecule has 0 spiro atoms. The number of hydrogen-bond acceptors (Lipinski definition) is 13. The van der Waals surface area contributed by atoms with Gasteiger partial charge in [-0.3, -0.25) is 24.1 Å². The summed E-state index contributed by atoms with van der Waals surface area (Å²) < 4.78 is 24.4. The number of amides is 5. The fourth-order valence-electron chi connectivity index (χ4n) is 9.57. The lowest BCUT2D eigenvalue weighted by atomic mass is 9.90. The Bertz CT molecular complexity index is 2470. The maximum atomic E-state index is 14.4. The molecule has 19 heteroatoms. The Hall–Kier alpha value is -6.21. The molecule has 1 aliphatic carbocycles. The van der Waals surface area contributed by atoms with E-state index in [1.807, 2.05) is 90.3 Å². The molecule has 0 radical (unpaired) electrons. The molecule has 0 saturated heterocycles. The molecule has 444 valence electrons. The molecule has 3 rings (SSSR count). The normalized spacial score (nSPS) is 15.9. The maximum absolute atomic E-state index is 14.4. The van der Waals surface area contributed by atoms with Crippen molar-refractivity contribution in [2.24, 2.45) is 29.6 Å². The summed E-state index contributed by atoms with van der Waals surface area (Å²) in [7, 11) is 4.37. The molecule has 80 heavy (non-hydrogen) atoms. The van der Waals surface area contributed by atoms with E-state index in [-0.39, 0.29) is 36.9 Å². The first-order valence-electron chi connectivity index (χ1n) is 27.9. The number of ether oxygens (including phenoxy) is 4. The van der Waals surface area contributed by atoms with Crippen molar-refractivity contribution in [1.82, 2.24) is 25.3 Å². The van der Waals surface area contributed by atoms with Crippen molar-refractivity contribution < 1.29 is 62.4 Å². The summed E-state index contributed by atoms with van der Waals surface area (Å²) in [6.07, 6.45) is 3.68. The molecule has 3 N–H and O–H groups in total. The predicted octanol–water partition coefficient (Wildman–Crippen LogP) is 8.86. The fraction of sp³-hybridized carbons (Fsp3) is 0.607. The highest BCUT2D eigenvalue weighted by Gasteiger charge is 2.40. The highest BCUT2D eigenvalue weighted by atomic mass is 32.2. The number of likely N-dealkylation sites (N-methyl/N-ethyl adjacent to an activating group) is 3. The van der Waals surface area contributed by atoms with Crippen molar-refractivity contribution in [1.29, 1.82) is 0 Å². The van der Waals surface area contributed by atoms with Crippen LogP contribution in [0, 0.1) is 29.6 Å². The summed E-state index contributed by atoms with van der Waals surface area (Å²) in [5.41, 5.74) is 5.30. The van der Waals surface area contributed by atoms with Gasteiger partial charge in [0.25, 0.3) is 5.91 Å². The second kappa shape index (κ2) is 32.3. The van der Waals surface area contributed by atoms with Crippen molar-refractivity contribution in [3.05, 3.63) is 83.0 Å². The van der Waals surface area contributed by atoms with Gasteiger partial charge in [0, 0.05) is 44.5 Å². The van der Waals surface area contributed by atoms with Crippen LogP contribution in [0.15, 0.2) is 71.8 Å². The topological polar surface area (TPSA) is 227 Å². The average Bonchev–Trinajstić information content (AvgIpc) is 3.76. The lowest BCUT2D eigenvalue weighted by molar-refractivity contribution is -0.157. The van der Waals surface area contributed by atoms with E-state index in [2.05, 4.69) is 22.8 Å². The molecule has 5 amide bonds. The number of thioether (sulfide) groups is 1. The van der Waals surface area contributed by atoms with Crippen molar-refractivity contribution in [2.75, 3.05) is 46.5 Å². The Kier molecular flexibility index (Phi) is 27.5. The molecule has 0 aliphatic heterocycles. The molecule has 9 atom stereocenters. The third-order valence-electron chi connectivity index (χ3n) is 14.9. The van der Waals surface area contributed by atoms with E-state index in [0.29, 0.717) is 18.8 Å². The van der Waals surface area contributed by atoms with Gasteiger partial charge in [-0.25, -0.2) is 19.2 Å². The van der Waals surface area contributed by atoms with Crippen LogP contribution in [0.2, 0.25) is 0 Å². The Labute approximate surface area is 479 Å². The zero-order valence-corrected chi connectivity index (χ0v) is 51.1. The SMILES string of the molecule is CC/C=C(\C)[C@@H](OC(=O)[C@H](C)N(C)C(=O)OCC1c2ccccc2-c2ccccc21)[C@@H](C)[C@H](C/C=C(\C)C(=O)O[C@@H](C(=O)N[C@H](C(=O)N(C)[C@H](CC(C)C)C(=O)N(C)CC(=O)N[C@H](C(=O)O)C(C)C)C(C)C)[C@@H](C)CC)OCSC. The number of benzene rings is 2. The molecule has 1 aliphatic rings. The maximum Gasteiger partial charge on any atom is 0.410 e. The number of nitrogens with one attached hydrogen (secondary N) is 2. The first kappa shape index (κ1) is 68.1. The molecular weight excluding hydrogens is 1040 g/mol. The quantitative estimate of drug-likeness (QED) is 0.0211. The highest BCUT2D eigenvalue weighted by Crippen LogP contribution is 2.44. The van der Waals surface area contributed by atoms with Gasteiger partial charge >= 0.3 is 24.0 Å². The minimum absolute atomic E-state index is 0.0696. The number of aliphatic carboxylic acids is 1. The van der Waals surface area contributed by atoms with E-state index in [1.54, 1.807) is 54.5 Å². The zero-order valence-electron chi connectivity index (χ0n) is 50.3. The summed E-state index contributed by atoms with van der Waals surface area (Å²) in [6.45, 7) is 22.7. The van der Waals surface area contributed by atoms with E-state index in [4.69, 9.17) is 18.9 Å². The average molecular weight is 1130 g/mol. The number of carbonyl (C=O) groups excluding carboxylic acids is 7. The monoisotopic (exact) mass is 1130 g/mol. The van der Waals surface area contributed by atoms with E-state index < -0.39 is 120 Å². The molecule has 0 fully saturated rings. The molecule has 0 aromatic heterocycles. The van der Waals surface area contributed by atoms with Crippen molar-refractivity contribution in [3.8, 4) is 11.1 Å².